The second-order valence-electron chi connectivity index (χ2n) is 12.4. The summed E-state index contributed by atoms with van der Waals surface area (Å²) in [7, 11) is -6.16. The van der Waals surface area contributed by atoms with E-state index in [2.05, 4.69) is 53.5 Å². The topological polar surface area (TPSA) is 144 Å². The lowest BCUT2D eigenvalue weighted by molar-refractivity contribution is -0.189. The highest BCUT2D eigenvalue weighted by Gasteiger charge is 2.66. The summed E-state index contributed by atoms with van der Waals surface area (Å²) < 4.78 is 40.4. The highest BCUT2D eigenvalue weighted by Crippen LogP contribution is 2.52. The first-order valence-electron chi connectivity index (χ1n) is 16.2. The molecule has 1 aromatic heterocycles. The Bertz CT molecular complexity index is 1250. The molecule has 4 unspecified atom stereocenters. The largest absolute Gasteiger partial charge is 0.458 e. The molecule has 0 radical (unpaired) electrons. The molecule has 2 aliphatic heterocycles. The van der Waals surface area contributed by atoms with E-state index in [1.165, 1.54) is 12.3 Å². The molecule has 0 spiro atoms. The van der Waals surface area contributed by atoms with Crippen molar-refractivity contribution in [2.45, 2.75) is 141 Å². The van der Waals surface area contributed by atoms with Gasteiger partial charge < -0.3 is 27.2 Å². The molecule has 1 N–H and O–H groups in total. The molecule has 3 rings (SSSR count). The Morgan fingerprint density at radius 3 is 2.23 bits per heavy atom. The van der Waals surface area contributed by atoms with Crippen molar-refractivity contribution in [1.82, 2.24) is 9.55 Å². The van der Waals surface area contributed by atoms with Crippen LogP contribution in [0, 0.1) is 0 Å². The lowest BCUT2D eigenvalue weighted by Crippen LogP contribution is -2.67. The van der Waals surface area contributed by atoms with E-state index in [-0.39, 0.29) is 29.8 Å². The Kier molecular flexibility index (Phi) is 12.4. The number of nitrogens with zero attached hydrogens (tertiary/aromatic N) is 1. The summed E-state index contributed by atoms with van der Waals surface area (Å²) in [5.74, 6) is -2.41. The van der Waals surface area contributed by atoms with Crippen LogP contribution in [0.3, 0.4) is 0 Å². The van der Waals surface area contributed by atoms with Gasteiger partial charge in [0.25, 0.3) is 5.56 Å². The SMILES string of the molecule is CCCC[Si]1(C(C)CC)OC[C@@H]2O[C@@H](n3ccc(=O)[nH]c3=O)[C@](C)(OC(=O)C(=O)OCC)[C@@H]2O[Si](C(C)CC)(C(C)CC)O1. The molecular formula is C30H52N2O10Si2. The molecule has 44 heavy (non-hydrogen) atoms. The number of esters is 2. The van der Waals surface area contributed by atoms with Crippen LogP contribution in [0.1, 0.15) is 101 Å². The van der Waals surface area contributed by atoms with Gasteiger partial charge in [0.2, 0.25) is 0 Å². The second kappa shape index (κ2) is 15.0. The van der Waals surface area contributed by atoms with Gasteiger partial charge in [0.15, 0.2) is 11.8 Å². The normalized spacial score (nSPS) is 32.5. The van der Waals surface area contributed by atoms with Crippen molar-refractivity contribution in [2.24, 2.45) is 0 Å². The van der Waals surface area contributed by atoms with Crippen LogP contribution in [0.2, 0.25) is 22.7 Å². The molecular weight excluding hydrogens is 605 g/mol. The summed E-state index contributed by atoms with van der Waals surface area (Å²) in [6.45, 7) is 18.2. The van der Waals surface area contributed by atoms with Crippen molar-refractivity contribution in [3.05, 3.63) is 33.1 Å². The number of H-pyrrole nitrogens is 1. The van der Waals surface area contributed by atoms with Crippen LogP contribution in [0.4, 0.5) is 0 Å². The van der Waals surface area contributed by atoms with Crippen molar-refractivity contribution in [3.8, 4) is 0 Å². The minimum atomic E-state index is -3.25. The Hall–Kier alpha value is -2.11. The average molecular weight is 657 g/mol. The third kappa shape index (κ3) is 6.99. The number of carbonyl (C=O) groups is 2. The van der Waals surface area contributed by atoms with Gasteiger partial charge in [0.05, 0.1) is 13.2 Å². The summed E-state index contributed by atoms with van der Waals surface area (Å²) in [4.78, 5) is 52.9. The van der Waals surface area contributed by atoms with Crippen molar-refractivity contribution in [2.75, 3.05) is 13.2 Å². The molecule has 12 nitrogen and oxygen atoms in total. The van der Waals surface area contributed by atoms with E-state index < -0.39 is 64.3 Å². The highest BCUT2D eigenvalue weighted by molar-refractivity contribution is 6.83. The number of fused-ring (bicyclic) bond motifs is 1. The zero-order valence-electron chi connectivity index (χ0n) is 27.8. The maximum Gasteiger partial charge on any atom is 0.418 e. The molecule has 8 atom stereocenters. The highest BCUT2D eigenvalue weighted by atomic mass is 28.5. The Balaban J connectivity index is 2.28. The summed E-state index contributed by atoms with van der Waals surface area (Å²) in [6, 6.07) is 1.99. The number of rotatable bonds is 12. The Labute approximate surface area is 262 Å². The van der Waals surface area contributed by atoms with Crippen LogP contribution in [0.25, 0.3) is 0 Å². The zero-order chi connectivity index (χ0) is 32.9. The van der Waals surface area contributed by atoms with Crippen molar-refractivity contribution in [3.63, 3.8) is 0 Å². The van der Waals surface area contributed by atoms with E-state index in [9.17, 15) is 19.2 Å². The molecule has 0 saturated carbocycles. The Morgan fingerprint density at radius 1 is 1.05 bits per heavy atom. The molecule has 250 valence electrons. The molecule has 0 aliphatic carbocycles. The van der Waals surface area contributed by atoms with Gasteiger partial charge in [-0.25, -0.2) is 14.4 Å². The third-order valence-electron chi connectivity index (χ3n) is 9.53. The van der Waals surface area contributed by atoms with E-state index in [0.29, 0.717) is 0 Å². The van der Waals surface area contributed by atoms with Gasteiger partial charge in [-0.2, -0.15) is 0 Å². The standard InChI is InChI=1S/C30H52N2O10Si2/c1-10-15-18-43(20(6)11-2)38-19-23-25(41-44(42-43,21(7)12-3)22(8)13-4)30(9,40-27(35)26(34)37-14-5)28(39-23)32-17-16-24(33)31-29(32)36/h16-17,20-23,25,28H,10-15,18-19H2,1-9H3,(H,31,33,36)/t20?,21?,22?,23-,25+,28+,30+,43?,44?/m0/s1. The van der Waals surface area contributed by atoms with Gasteiger partial charge in [0.1, 0.15) is 12.2 Å². The number of aromatic amines is 1. The van der Waals surface area contributed by atoms with Crippen LogP contribution in [0.15, 0.2) is 21.9 Å². The molecule has 0 amide bonds. The van der Waals surface area contributed by atoms with Gasteiger partial charge in [-0.15, -0.1) is 0 Å². The minimum absolute atomic E-state index is 0.0215. The maximum absolute atomic E-state index is 13.1. The smallest absolute Gasteiger partial charge is 0.418 e. The van der Waals surface area contributed by atoms with E-state index in [0.717, 1.165) is 42.7 Å². The number of aromatic nitrogens is 2. The quantitative estimate of drug-likeness (QED) is 0.189. The molecule has 2 aliphatic rings. The fourth-order valence-electron chi connectivity index (χ4n) is 6.27. The van der Waals surface area contributed by atoms with E-state index >= 15 is 0 Å². The average Bonchev–Trinajstić information content (AvgIpc) is 3.25. The van der Waals surface area contributed by atoms with Crippen LogP contribution >= 0.6 is 0 Å². The van der Waals surface area contributed by atoms with Crippen molar-refractivity contribution in [1.29, 1.82) is 0 Å². The van der Waals surface area contributed by atoms with Gasteiger partial charge in [-0.05, 0) is 36.5 Å². The number of unbranched alkanes of at least 4 members (excludes halogenated alkanes) is 1. The third-order valence-corrected chi connectivity index (χ3v) is 20.0. The van der Waals surface area contributed by atoms with Gasteiger partial charge in [-0.1, -0.05) is 80.6 Å². The van der Waals surface area contributed by atoms with Gasteiger partial charge in [0, 0.05) is 12.3 Å². The van der Waals surface area contributed by atoms with Crippen molar-refractivity contribution >= 4 is 29.1 Å². The first-order chi connectivity index (χ1) is 20.8. The van der Waals surface area contributed by atoms with Crippen LogP contribution in [-0.4, -0.2) is 69.6 Å². The predicted molar refractivity (Wildman–Crippen MR) is 169 cm³/mol. The van der Waals surface area contributed by atoms with E-state index in [4.69, 9.17) is 27.2 Å². The summed E-state index contributed by atoms with van der Waals surface area (Å²) >= 11 is 0. The molecule has 3 heterocycles. The second-order valence-corrected chi connectivity index (χ2v) is 20.2. The molecule has 2 saturated heterocycles. The minimum Gasteiger partial charge on any atom is -0.458 e. The number of nitrogens with one attached hydrogen (secondary N) is 1. The Morgan fingerprint density at radius 2 is 1.68 bits per heavy atom. The van der Waals surface area contributed by atoms with E-state index in [1.54, 1.807) is 13.8 Å². The molecule has 0 aromatic carbocycles. The molecule has 1 aromatic rings. The number of hydrogen-bond donors (Lipinski definition) is 1. The maximum atomic E-state index is 13.1. The van der Waals surface area contributed by atoms with Gasteiger partial charge in [-0.3, -0.25) is 14.3 Å². The molecule has 0 bridgehead atoms. The van der Waals surface area contributed by atoms with Crippen LogP contribution in [-0.2, 0) is 36.8 Å². The number of carbonyl (C=O) groups excluding carboxylic acids is 2. The lowest BCUT2D eigenvalue weighted by Gasteiger charge is -2.52. The summed E-state index contributed by atoms with van der Waals surface area (Å²) in [5.41, 5.74) is -2.83. The predicted octanol–water partition coefficient (Wildman–Crippen LogP) is 4.82. The number of ether oxygens (including phenoxy) is 3. The van der Waals surface area contributed by atoms with E-state index in [1.807, 2.05) is 0 Å². The number of hydrogen-bond acceptors (Lipinski definition) is 10. The lowest BCUT2D eigenvalue weighted by atomic mass is 9.96. The van der Waals surface area contributed by atoms with Crippen LogP contribution in [0.5, 0.6) is 0 Å². The molecule has 2 fully saturated rings. The first-order valence-corrected chi connectivity index (χ1v) is 20.2. The summed E-state index contributed by atoms with van der Waals surface area (Å²) in [5, 5.41) is 0. The molecule has 14 heteroatoms. The fraction of sp³-hybridized carbons (Fsp3) is 0.800. The van der Waals surface area contributed by atoms with Crippen LogP contribution < -0.4 is 11.2 Å². The first kappa shape index (κ1) is 36.4. The zero-order valence-corrected chi connectivity index (χ0v) is 29.8. The van der Waals surface area contributed by atoms with Crippen molar-refractivity contribution < 1.29 is 36.8 Å². The monoisotopic (exact) mass is 656 g/mol. The summed E-state index contributed by atoms with van der Waals surface area (Å²) in [6.07, 6.45) is 2.67. The van der Waals surface area contributed by atoms with Gasteiger partial charge >= 0.3 is 34.8 Å². The fourth-order valence-corrected chi connectivity index (χ4v) is 17.9.